The van der Waals surface area contributed by atoms with Crippen LogP contribution in [0.15, 0.2) is 12.2 Å². The van der Waals surface area contributed by atoms with Gasteiger partial charge in [0.2, 0.25) is 0 Å². The molecular weight excluding hydrogens is 336 g/mol. The molecule has 8 atom stereocenters. The molecule has 0 radical (unpaired) electrons. The van der Waals surface area contributed by atoms with E-state index in [0.717, 1.165) is 11.9 Å². The lowest BCUT2D eigenvalue weighted by atomic mass is 9.53. The molecule has 0 amide bonds. The molecule has 6 heteroatoms. The van der Waals surface area contributed by atoms with Gasteiger partial charge < -0.3 is 20.1 Å². The van der Waals surface area contributed by atoms with Crippen molar-refractivity contribution in [1.29, 1.82) is 0 Å². The molecule has 0 aromatic rings. The molecule has 4 rings (SSSR count). The molecule has 6 nitrogen and oxygen atoms in total. The number of fused-ring (bicyclic) bond motifs is 3. The predicted octanol–water partition coefficient (Wildman–Crippen LogP) is 2.11. The molecule has 0 unspecified atom stereocenters. The molecule has 0 aromatic heterocycles. The van der Waals surface area contributed by atoms with Crippen LogP contribution in [0.2, 0.25) is 0 Å². The summed E-state index contributed by atoms with van der Waals surface area (Å²) in [4.78, 5) is 37.1. The maximum Gasteiger partial charge on any atom is 0.309 e. The quantitative estimate of drug-likeness (QED) is 0.524. The standard InChI is InChI=1S/C20H26O6/c1-10-7-20-8-11(10)12(22)6-13(20)19(9-21)5-3-4-18(2,17(25)26)15(19)14(20)16(23)24/h9,11-15,22H,1,3-8H2,2H3,(H,23,24)(H,25,26)/t11-,12+,13+,14-,15-,18-,19-,20-/m1/s1. The van der Waals surface area contributed by atoms with Gasteiger partial charge in [0, 0.05) is 17.3 Å². The largest absolute Gasteiger partial charge is 0.481 e. The highest BCUT2D eigenvalue weighted by molar-refractivity contribution is 5.82. The summed E-state index contributed by atoms with van der Waals surface area (Å²) in [5.41, 5.74) is -2.06. The van der Waals surface area contributed by atoms with E-state index in [9.17, 15) is 29.7 Å². The summed E-state index contributed by atoms with van der Waals surface area (Å²) < 4.78 is 0. The van der Waals surface area contributed by atoms with Crippen LogP contribution in [0, 0.1) is 39.9 Å². The summed E-state index contributed by atoms with van der Waals surface area (Å²) in [6, 6.07) is 0. The fourth-order valence-electron chi connectivity index (χ4n) is 7.61. The van der Waals surface area contributed by atoms with Gasteiger partial charge in [-0.05, 0) is 50.4 Å². The van der Waals surface area contributed by atoms with Crippen LogP contribution in [0.3, 0.4) is 0 Å². The summed E-state index contributed by atoms with van der Waals surface area (Å²) in [6.07, 6.45) is 3.00. The van der Waals surface area contributed by atoms with Gasteiger partial charge >= 0.3 is 11.9 Å². The summed E-state index contributed by atoms with van der Waals surface area (Å²) in [6.45, 7) is 5.69. The minimum absolute atomic E-state index is 0.145. The number of aldehydes is 1. The van der Waals surface area contributed by atoms with Gasteiger partial charge in [0.05, 0.1) is 17.4 Å². The van der Waals surface area contributed by atoms with Gasteiger partial charge in [-0.3, -0.25) is 9.59 Å². The smallest absolute Gasteiger partial charge is 0.309 e. The normalized spacial score (nSPS) is 52.2. The number of carboxylic acids is 2. The van der Waals surface area contributed by atoms with Crippen LogP contribution in [-0.2, 0) is 14.4 Å². The van der Waals surface area contributed by atoms with E-state index in [2.05, 4.69) is 6.58 Å². The lowest BCUT2D eigenvalue weighted by Gasteiger charge is -2.49. The van der Waals surface area contributed by atoms with Gasteiger partial charge in [0.15, 0.2) is 0 Å². The van der Waals surface area contributed by atoms with Crippen molar-refractivity contribution in [2.24, 2.45) is 39.9 Å². The Hall–Kier alpha value is -1.69. The number of aliphatic carboxylic acids is 2. The first-order valence-electron chi connectivity index (χ1n) is 9.42. The number of carboxylic acid groups (broad SMARTS) is 2. The summed E-state index contributed by atoms with van der Waals surface area (Å²) >= 11 is 0. The van der Waals surface area contributed by atoms with Crippen molar-refractivity contribution in [2.45, 2.75) is 51.6 Å². The van der Waals surface area contributed by atoms with Crippen molar-refractivity contribution in [3.63, 3.8) is 0 Å². The molecule has 0 aromatic carbocycles. The highest BCUT2D eigenvalue weighted by Crippen LogP contribution is 2.77. The Morgan fingerprint density at radius 2 is 1.96 bits per heavy atom. The van der Waals surface area contributed by atoms with E-state index in [0.29, 0.717) is 38.5 Å². The van der Waals surface area contributed by atoms with Crippen LogP contribution in [0.4, 0.5) is 0 Å². The van der Waals surface area contributed by atoms with Crippen molar-refractivity contribution in [3.05, 3.63) is 12.2 Å². The number of hydrogen-bond acceptors (Lipinski definition) is 4. The van der Waals surface area contributed by atoms with E-state index < -0.39 is 46.1 Å². The van der Waals surface area contributed by atoms with Crippen LogP contribution >= 0.6 is 0 Å². The number of aliphatic hydroxyl groups excluding tert-OH is 1. The van der Waals surface area contributed by atoms with Crippen molar-refractivity contribution >= 4 is 18.2 Å². The second-order valence-corrected chi connectivity index (χ2v) is 9.33. The second kappa shape index (κ2) is 5.18. The fraction of sp³-hybridized carbons (Fsp3) is 0.750. The van der Waals surface area contributed by atoms with Crippen molar-refractivity contribution < 1.29 is 29.7 Å². The zero-order chi connectivity index (χ0) is 19.1. The summed E-state index contributed by atoms with van der Waals surface area (Å²) in [5.74, 6) is -4.13. The number of rotatable bonds is 3. The predicted molar refractivity (Wildman–Crippen MR) is 91.1 cm³/mol. The zero-order valence-electron chi connectivity index (χ0n) is 15.0. The van der Waals surface area contributed by atoms with Gasteiger partial charge in [-0.1, -0.05) is 18.6 Å². The molecule has 0 saturated heterocycles. The minimum Gasteiger partial charge on any atom is -0.481 e. The third kappa shape index (κ3) is 1.79. The molecular formula is C20H26O6. The van der Waals surface area contributed by atoms with Crippen LogP contribution in [0.1, 0.15) is 45.4 Å². The first kappa shape index (κ1) is 17.7. The van der Waals surface area contributed by atoms with Crippen LogP contribution < -0.4 is 0 Å². The average molecular weight is 362 g/mol. The van der Waals surface area contributed by atoms with E-state index in [1.807, 2.05) is 0 Å². The first-order chi connectivity index (χ1) is 12.1. The number of carbonyl (C=O) groups is 3. The van der Waals surface area contributed by atoms with E-state index in [-0.39, 0.29) is 11.8 Å². The Bertz CT molecular complexity index is 715. The SMILES string of the molecule is C=C1C[C@@]23C[C@H]1[C@@H](O)C[C@H]2[C@]1(C=O)CCC[C@@](C)(C(=O)O)[C@H]1[C@@H]3C(=O)O. The highest BCUT2D eigenvalue weighted by Gasteiger charge is 2.77. The van der Waals surface area contributed by atoms with E-state index in [1.165, 1.54) is 0 Å². The number of hydrogen-bond donors (Lipinski definition) is 3. The van der Waals surface area contributed by atoms with Crippen molar-refractivity contribution in [1.82, 2.24) is 0 Å². The third-order valence-electron chi connectivity index (χ3n) is 8.46. The summed E-state index contributed by atoms with van der Waals surface area (Å²) in [5, 5.41) is 30.8. The Kier molecular flexibility index (Phi) is 3.53. The molecule has 4 aliphatic carbocycles. The molecule has 0 aliphatic heterocycles. The fourth-order valence-corrected chi connectivity index (χ4v) is 7.61. The van der Waals surface area contributed by atoms with Gasteiger partial charge in [-0.25, -0.2) is 0 Å². The van der Waals surface area contributed by atoms with Crippen molar-refractivity contribution in [2.75, 3.05) is 0 Å². The van der Waals surface area contributed by atoms with Gasteiger partial charge in [-0.2, -0.15) is 0 Å². The number of carbonyl (C=O) groups excluding carboxylic acids is 1. The maximum absolute atomic E-state index is 12.5. The maximum atomic E-state index is 12.5. The molecule has 26 heavy (non-hydrogen) atoms. The molecule has 3 N–H and O–H groups in total. The van der Waals surface area contributed by atoms with E-state index in [1.54, 1.807) is 6.92 Å². The monoisotopic (exact) mass is 362 g/mol. The third-order valence-corrected chi connectivity index (χ3v) is 8.46. The summed E-state index contributed by atoms with van der Waals surface area (Å²) in [7, 11) is 0. The van der Waals surface area contributed by atoms with Crippen LogP contribution in [0.25, 0.3) is 0 Å². The van der Waals surface area contributed by atoms with E-state index in [4.69, 9.17) is 0 Å². The molecule has 4 aliphatic rings. The van der Waals surface area contributed by atoms with E-state index >= 15 is 0 Å². The second-order valence-electron chi connectivity index (χ2n) is 9.33. The van der Waals surface area contributed by atoms with Crippen LogP contribution in [-0.4, -0.2) is 39.6 Å². The number of aliphatic hydroxyl groups is 1. The van der Waals surface area contributed by atoms with Crippen LogP contribution in [0.5, 0.6) is 0 Å². The first-order valence-corrected chi connectivity index (χ1v) is 9.42. The Morgan fingerprint density at radius 1 is 1.27 bits per heavy atom. The molecule has 1 spiro atoms. The molecule has 0 heterocycles. The Morgan fingerprint density at radius 3 is 2.54 bits per heavy atom. The topological polar surface area (TPSA) is 112 Å². The molecule has 2 bridgehead atoms. The Balaban J connectivity index is 1.98. The average Bonchev–Trinajstić information content (AvgIpc) is 3.00. The molecule has 142 valence electrons. The highest BCUT2D eigenvalue weighted by atomic mass is 16.4. The molecule has 4 fully saturated rings. The Labute approximate surface area is 152 Å². The zero-order valence-corrected chi connectivity index (χ0v) is 15.0. The minimum atomic E-state index is -1.25. The van der Waals surface area contributed by atoms with Crippen molar-refractivity contribution in [3.8, 4) is 0 Å². The molecule has 4 saturated carbocycles. The lowest BCUT2D eigenvalue weighted by Crippen LogP contribution is -2.52. The van der Waals surface area contributed by atoms with Gasteiger partial charge in [0.25, 0.3) is 0 Å². The van der Waals surface area contributed by atoms with Gasteiger partial charge in [-0.15, -0.1) is 0 Å². The lowest BCUT2D eigenvalue weighted by molar-refractivity contribution is -0.167. The van der Waals surface area contributed by atoms with Gasteiger partial charge in [0.1, 0.15) is 6.29 Å².